The number of carbonyl (C=O) groups excluding carboxylic acids is 1. The number of nitrogens with one attached hydrogen (secondary N) is 1. The van der Waals surface area contributed by atoms with Crippen LogP contribution in [0.2, 0.25) is 0 Å². The monoisotopic (exact) mass is 411 g/mol. The Labute approximate surface area is 171 Å². The van der Waals surface area contributed by atoms with E-state index in [0.717, 1.165) is 22.0 Å². The van der Waals surface area contributed by atoms with Crippen LogP contribution in [0.4, 0.5) is 0 Å². The van der Waals surface area contributed by atoms with Crippen molar-refractivity contribution in [3.63, 3.8) is 0 Å². The highest BCUT2D eigenvalue weighted by molar-refractivity contribution is 7.89. The smallest absolute Gasteiger partial charge is 0.253 e. The number of aromatic nitrogens is 1. The number of pyridine rings is 1. The number of hydrogen-bond acceptors (Lipinski definition) is 4. The van der Waals surface area contributed by atoms with Gasteiger partial charge in [-0.05, 0) is 56.2 Å². The summed E-state index contributed by atoms with van der Waals surface area (Å²) in [5, 5.41) is 3.89. The lowest BCUT2D eigenvalue weighted by Gasteiger charge is -2.17. The molecule has 3 aromatic rings. The highest BCUT2D eigenvalue weighted by Gasteiger charge is 2.19. The highest BCUT2D eigenvalue weighted by atomic mass is 32.2. The van der Waals surface area contributed by atoms with Crippen molar-refractivity contribution < 1.29 is 13.2 Å². The zero-order chi connectivity index (χ0) is 21.3. The van der Waals surface area contributed by atoms with Crippen LogP contribution in [0.5, 0.6) is 0 Å². The molecule has 0 aliphatic rings. The van der Waals surface area contributed by atoms with Crippen LogP contribution in [0.1, 0.15) is 40.1 Å². The number of benzene rings is 2. The van der Waals surface area contributed by atoms with Crippen LogP contribution in [0.3, 0.4) is 0 Å². The van der Waals surface area contributed by atoms with Gasteiger partial charge in [-0.25, -0.2) is 12.7 Å². The number of carbonyl (C=O) groups is 1. The van der Waals surface area contributed by atoms with Crippen molar-refractivity contribution >= 4 is 26.8 Å². The molecule has 0 saturated carbocycles. The quantitative estimate of drug-likeness (QED) is 0.696. The van der Waals surface area contributed by atoms with E-state index in [0.29, 0.717) is 11.3 Å². The fourth-order valence-electron chi connectivity index (χ4n) is 3.10. The first-order valence-electron chi connectivity index (χ1n) is 9.31. The third-order valence-electron chi connectivity index (χ3n) is 4.91. The van der Waals surface area contributed by atoms with Gasteiger partial charge >= 0.3 is 0 Å². The van der Waals surface area contributed by atoms with Crippen LogP contribution in [-0.4, -0.2) is 37.7 Å². The van der Waals surface area contributed by atoms with Gasteiger partial charge in [-0.15, -0.1) is 0 Å². The molecule has 1 heterocycles. The topological polar surface area (TPSA) is 79.4 Å². The molecule has 0 radical (unpaired) electrons. The Morgan fingerprint density at radius 2 is 1.69 bits per heavy atom. The third kappa shape index (κ3) is 4.31. The maximum absolute atomic E-state index is 12.8. The Balaban J connectivity index is 1.81. The largest absolute Gasteiger partial charge is 0.345 e. The number of fused-ring (bicyclic) bond motifs is 1. The number of aryl methyl sites for hydroxylation is 2. The molecule has 3 rings (SSSR count). The third-order valence-corrected chi connectivity index (χ3v) is 6.74. The maximum atomic E-state index is 12.8. The Morgan fingerprint density at radius 1 is 1.03 bits per heavy atom. The second-order valence-corrected chi connectivity index (χ2v) is 9.52. The van der Waals surface area contributed by atoms with Gasteiger partial charge in [-0.3, -0.25) is 9.78 Å². The Bertz CT molecular complexity index is 1170. The molecule has 1 N–H and O–H groups in total. The fourth-order valence-corrected chi connectivity index (χ4v) is 4.00. The molecule has 2 aromatic carbocycles. The van der Waals surface area contributed by atoms with E-state index in [-0.39, 0.29) is 16.8 Å². The molecule has 0 fully saturated rings. The van der Waals surface area contributed by atoms with Crippen molar-refractivity contribution in [2.24, 2.45) is 0 Å². The number of rotatable bonds is 5. The van der Waals surface area contributed by atoms with E-state index in [9.17, 15) is 13.2 Å². The van der Waals surface area contributed by atoms with Crippen molar-refractivity contribution in [2.75, 3.05) is 14.1 Å². The zero-order valence-corrected chi connectivity index (χ0v) is 18.0. The normalized spacial score (nSPS) is 12.9. The lowest BCUT2D eigenvalue weighted by Crippen LogP contribution is -2.27. The number of hydrogen-bond donors (Lipinski definition) is 1. The molecule has 7 heteroatoms. The molecule has 0 saturated heterocycles. The molecular weight excluding hydrogens is 386 g/mol. The minimum absolute atomic E-state index is 0.213. The maximum Gasteiger partial charge on any atom is 0.253 e. The fraction of sp³-hybridized carbons (Fsp3) is 0.273. The molecule has 0 aliphatic carbocycles. The zero-order valence-electron chi connectivity index (χ0n) is 17.2. The molecule has 152 valence electrons. The molecular formula is C22H25N3O3S. The van der Waals surface area contributed by atoms with E-state index in [1.54, 1.807) is 24.3 Å². The van der Waals surface area contributed by atoms with Crippen molar-refractivity contribution in [1.82, 2.24) is 14.6 Å². The minimum Gasteiger partial charge on any atom is -0.345 e. The Kier molecular flexibility index (Phi) is 5.73. The van der Waals surface area contributed by atoms with E-state index >= 15 is 0 Å². The lowest BCUT2D eigenvalue weighted by atomic mass is 10.1. The van der Waals surface area contributed by atoms with Crippen LogP contribution >= 0.6 is 0 Å². The summed E-state index contributed by atoms with van der Waals surface area (Å²) in [5.74, 6) is -0.213. The Hall–Kier alpha value is -2.77. The molecule has 0 aliphatic heterocycles. The second-order valence-electron chi connectivity index (χ2n) is 7.37. The average molecular weight is 412 g/mol. The Morgan fingerprint density at radius 3 is 2.31 bits per heavy atom. The SMILES string of the molecule is Cc1ccc2cc(C(=O)NC(C)c3ccc(S(=O)(=O)N(C)C)cc3)c(C)nc2c1. The van der Waals surface area contributed by atoms with Gasteiger partial charge in [-0.2, -0.15) is 0 Å². The molecule has 6 nitrogen and oxygen atoms in total. The number of amides is 1. The molecule has 1 unspecified atom stereocenters. The van der Waals surface area contributed by atoms with Gasteiger partial charge in [0.15, 0.2) is 0 Å². The minimum atomic E-state index is -3.48. The molecule has 0 spiro atoms. The van der Waals surface area contributed by atoms with E-state index in [4.69, 9.17) is 0 Å². The first kappa shape index (κ1) is 21.0. The summed E-state index contributed by atoms with van der Waals surface area (Å²) in [6.45, 7) is 5.69. The van der Waals surface area contributed by atoms with E-state index in [1.807, 2.05) is 45.0 Å². The predicted molar refractivity (Wildman–Crippen MR) is 114 cm³/mol. The van der Waals surface area contributed by atoms with E-state index in [1.165, 1.54) is 18.4 Å². The highest BCUT2D eigenvalue weighted by Crippen LogP contribution is 2.21. The number of sulfonamides is 1. The summed E-state index contributed by atoms with van der Waals surface area (Å²) in [6.07, 6.45) is 0. The molecule has 1 atom stereocenters. The summed E-state index contributed by atoms with van der Waals surface area (Å²) < 4.78 is 25.6. The molecule has 29 heavy (non-hydrogen) atoms. The van der Waals surface area contributed by atoms with E-state index in [2.05, 4.69) is 10.3 Å². The van der Waals surface area contributed by atoms with Crippen molar-refractivity contribution in [3.05, 3.63) is 70.9 Å². The molecule has 1 amide bonds. The summed E-state index contributed by atoms with van der Waals surface area (Å²) in [5.41, 5.74) is 4.00. The van der Waals surface area contributed by atoms with Gasteiger partial charge in [0.05, 0.1) is 27.7 Å². The van der Waals surface area contributed by atoms with Gasteiger partial charge < -0.3 is 5.32 Å². The lowest BCUT2D eigenvalue weighted by molar-refractivity contribution is 0.0939. The average Bonchev–Trinajstić information content (AvgIpc) is 2.67. The first-order valence-corrected chi connectivity index (χ1v) is 10.7. The summed E-state index contributed by atoms with van der Waals surface area (Å²) in [7, 11) is -0.490. The van der Waals surface area contributed by atoms with Crippen molar-refractivity contribution in [3.8, 4) is 0 Å². The summed E-state index contributed by atoms with van der Waals surface area (Å²) >= 11 is 0. The van der Waals surface area contributed by atoms with Gasteiger partial charge in [-0.1, -0.05) is 24.3 Å². The van der Waals surface area contributed by atoms with E-state index < -0.39 is 10.0 Å². The predicted octanol–water partition coefficient (Wildman–Crippen LogP) is 3.59. The standard InChI is InChI=1S/C22H25N3O3S/c1-14-6-7-18-13-20(16(3)23-21(18)12-14)22(26)24-15(2)17-8-10-19(11-9-17)29(27,28)25(4)5/h6-13,15H,1-5H3,(H,24,26). The summed E-state index contributed by atoms with van der Waals surface area (Å²) in [6, 6.07) is 14.1. The van der Waals surface area contributed by atoms with Gasteiger partial charge in [0.1, 0.15) is 0 Å². The second kappa shape index (κ2) is 7.93. The molecule has 1 aromatic heterocycles. The van der Waals surface area contributed by atoms with Crippen LogP contribution in [0, 0.1) is 13.8 Å². The van der Waals surface area contributed by atoms with Crippen LogP contribution in [-0.2, 0) is 10.0 Å². The van der Waals surface area contributed by atoms with Crippen LogP contribution in [0.25, 0.3) is 10.9 Å². The van der Waals surface area contributed by atoms with Crippen molar-refractivity contribution in [2.45, 2.75) is 31.7 Å². The first-order chi connectivity index (χ1) is 13.6. The van der Waals surface area contributed by atoms with Gasteiger partial charge in [0.2, 0.25) is 10.0 Å². The molecule has 0 bridgehead atoms. The van der Waals surface area contributed by atoms with Crippen LogP contribution in [0.15, 0.2) is 53.4 Å². The van der Waals surface area contributed by atoms with Gasteiger partial charge in [0, 0.05) is 19.5 Å². The number of nitrogens with zero attached hydrogens (tertiary/aromatic N) is 2. The van der Waals surface area contributed by atoms with Crippen molar-refractivity contribution in [1.29, 1.82) is 0 Å². The van der Waals surface area contributed by atoms with Crippen LogP contribution < -0.4 is 5.32 Å². The van der Waals surface area contributed by atoms with Gasteiger partial charge in [0.25, 0.3) is 5.91 Å². The summed E-state index contributed by atoms with van der Waals surface area (Å²) in [4.78, 5) is 17.6.